The molecule has 0 spiro atoms. The first-order chi connectivity index (χ1) is 10.8. The summed E-state index contributed by atoms with van der Waals surface area (Å²) >= 11 is 0. The molecule has 9 heteroatoms. The van der Waals surface area contributed by atoms with E-state index in [1.807, 2.05) is 0 Å². The molecule has 23 heavy (non-hydrogen) atoms. The highest BCUT2D eigenvalue weighted by atomic mass is 32.2. The first-order valence-electron chi connectivity index (χ1n) is 6.66. The van der Waals surface area contributed by atoms with Crippen LogP contribution in [0.1, 0.15) is 11.1 Å². The molecule has 0 unspecified atom stereocenters. The lowest BCUT2D eigenvalue weighted by atomic mass is 9.79. The molecule has 2 aromatic rings. The molecule has 1 aliphatic rings. The van der Waals surface area contributed by atoms with E-state index in [1.54, 1.807) is 0 Å². The third kappa shape index (κ3) is 2.95. The topological polar surface area (TPSA) is 89.6 Å². The van der Waals surface area contributed by atoms with Crippen molar-refractivity contribution in [3.8, 4) is 0 Å². The molecular weight excluding hydrogens is 327 g/mol. The molecular formula is C14H12BF2NO4S. The minimum absolute atomic E-state index is 0.0487. The average Bonchev–Trinajstić information content (AvgIpc) is 2.79. The standard InChI is InChI=1S/C14H12BF2NO4S/c16-12-4-8-6-22-15(19)11(8)3-9(12)7-23(20,21)14-2-1-10(18)5-13(14)17/h1-5,19H,6-7,18H2. The molecule has 0 bridgehead atoms. The van der Waals surface area contributed by atoms with Gasteiger partial charge in [0.05, 0.1) is 12.4 Å². The van der Waals surface area contributed by atoms with Crippen molar-refractivity contribution in [1.29, 1.82) is 0 Å². The number of benzene rings is 2. The quantitative estimate of drug-likeness (QED) is 0.636. The van der Waals surface area contributed by atoms with E-state index in [-0.39, 0.29) is 17.9 Å². The van der Waals surface area contributed by atoms with Crippen molar-refractivity contribution in [2.75, 3.05) is 5.73 Å². The Bertz CT molecular complexity index is 889. The Morgan fingerprint density at radius 2 is 1.96 bits per heavy atom. The summed E-state index contributed by atoms with van der Waals surface area (Å²) in [5, 5.41) is 9.62. The second kappa shape index (κ2) is 5.59. The monoisotopic (exact) mass is 339 g/mol. The Labute approximate surface area is 131 Å². The Morgan fingerprint density at radius 3 is 2.65 bits per heavy atom. The predicted molar refractivity (Wildman–Crippen MR) is 80.5 cm³/mol. The van der Waals surface area contributed by atoms with E-state index < -0.39 is 39.2 Å². The molecule has 3 rings (SSSR count). The highest BCUT2D eigenvalue weighted by molar-refractivity contribution is 7.90. The van der Waals surface area contributed by atoms with Gasteiger partial charge in [-0.2, -0.15) is 0 Å². The van der Waals surface area contributed by atoms with Crippen molar-refractivity contribution in [2.24, 2.45) is 0 Å². The van der Waals surface area contributed by atoms with Crippen LogP contribution in [0.2, 0.25) is 0 Å². The maximum Gasteiger partial charge on any atom is 0.491 e. The number of hydrogen-bond donors (Lipinski definition) is 2. The molecule has 5 nitrogen and oxygen atoms in total. The molecule has 1 heterocycles. The molecule has 0 amide bonds. The fourth-order valence-corrected chi connectivity index (χ4v) is 3.87. The summed E-state index contributed by atoms with van der Waals surface area (Å²) < 4.78 is 57.5. The Kier molecular flexibility index (Phi) is 3.87. The zero-order valence-electron chi connectivity index (χ0n) is 11.8. The summed E-state index contributed by atoms with van der Waals surface area (Å²) in [4.78, 5) is -0.552. The fourth-order valence-electron chi connectivity index (χ4n) is 2.45. The molecule has 0 radical (unpaired) electrons. The Morgan fingerprint density at radius 1 is 1.22 bits per heavy atom. The molecule has 120 valence electrons. The van der Waals surface area contributed by atoms with Crippen LogP contribution in [-0.2, 0) is 26.9 Å². The van der Waals surface area contributed by atoms with Gasteiger partial charge in [-0.25, -0.2) is 17.2 Å². The number of nitrogen functional groups attached to an aromatic ring is 1. The lowest BCUT2D eigenvalue weighted by molar-refractivity contribution is 0.275. The maximum atomic E-state index is 14.1. The molecule has 3 N–H and O–H groups in total. The van der Waals surface area contributed by atoms with Crippen LogP contribution in [0.15, 0.2) is 35.2 Å². The summed E-state index contributed by atoms with van der Waals surface area (Å²) in [6.45, 7) is 0.0487. The van der Waals surface area contributed by atoms with E-state index in [2.05, 4.69) is 0 Å². The van der Waals surface area contributed by atoms with Gasteiger partial charge < -0.3 is 15.4 Å². The number of fused-ring (bicyclic) bond motifs is 1. The van der Waals surface area contributed by atoms with Crippen molar-refractivity contribution >= 4 is 28.1 Å². The smallest absolute Gasteiger partial charge is 0.423 e. The molecule has 2 aromatic carbocycles. The largest absolute Gasteiger partial charge is 0.491 e. The number of halogens is 2. The molecule has 0 fully saturated rings. The van der Waals surface area contributed by atoms with Crippen molar-refractivity contribution < 1.29 is 26.9 Å². The van der Waals surface area contributed by atoms with Gasteiger partial charge in [-0.05, 0) is 35.3 Å². The van der Waals surface area contributed by atoms with Crippen molar-refractivity contribution in [3.05, 3.63) is 53.1 Å². The lowest BCUT2D eigenvalue weighted by Crippen LogP contribution is -2.29. The number of rotatable bonds is 3. The van der Waals surface area contributed by atoms with Gasteiger partial charge in [0, 0.05) is 11.3 Å². The zero-order chi connectivity index (χ0) is 16.8. The van der Waals surface area contributed by atoms with E-state index in [0.717, 1.165) is 18.2 Å². The first kappa shape index (κ1) is 15.9. The molecule has 0 saturated carbocycles. The molecule has 0 aliphatic carbocycles. The van der Waals surface area contributed by atoms with Gasteiger partial charge in [-0.1, -0.05) is 6.07 Å². The van der Waals surface area contributed by atoms with Crippen molar-refractivity contribution in [3.63, 3.8) is 0 Å². The third-order valence-corrected chi connectivity index (χ3v) is 5.30. The third-order valence-electron chi connectivity index (χ3n) is 3.61. The second-order valence-corrected chi connectivity index (χ2v) is 7.21. The van der Waals surface area contributed by atoms with E-state index in [9.17, 15) is 22.2 Å². The lowest BCUT2D eigenvalue weighted by Gasteiger charge is -2.09. The first-order valence-corrected chi connectivity index (χ1v) is 8.32. The highest BCUT2D eigenvalue weighted by Crippen LogP contribution is 2.24. The fraction of sp³-hybridized carbons (Fsp3) is 0.143. The van der Waals surface area contributed by atoms with Crippen LogP contribution in [0.4, 0.5) is 14.5 Å². The average molecular weight is 339 g/mol. The van der Waals surface area contributed by atoms with Crippen LogP contribution in [-0.4, -0.2) is 20.6 Å². The van der Waals surface area contributed by atoms with E-state index in [4.69, 9.17) is 10.4 Å². The summed E-state index contributed by atoms with van der Waals surface area (Å²) in [6.07, 6.45) is 0. The molecule has 0 atom stereocenters. The van der Waals surface area contributed by atoms with Gasteiger partial charge in [0.2, 0.25) is 0 Å². The van der Waals surface area contributed by atoms with Crippen molar-refractivity contribution in [1.82, 2.24) is 0 Å². The van der Waals surface area contributed by atoms with E-state index in [0.29, 0.717) is 11.0 Å². The van der Waals surface area contributed by atoms with Crippen LogP contribution in [0.3, 0.4) is 0 Å². The number of anilines is 1. The number of nitrogens with two attached hydrogens (primary N) is 1. The van der Waals surface area contributed by atoms with E-state index in [1.165, 1.54) is 12.1 Å². The van der Waals surface area contributed by atoms with Gasteiger partial charge in [-0.3, -0.25) is 0 Å². The number of hydrogen-bond acceptors (Lipinski definition) is 5. The van der Waals surface area contributed by atoms with Crippen LogP contribution in [0, 0.1) is 11.6 Å². The van der Waals surface area contributed by atoms with Gasteiger partial charge >= 0.3 is 7.12 Å². The number of sulfone groups is 1. The Balaban J connectivity index is 2.00. The van der Waals surface area contributed by atoms with Crippen LogP contribution >= 0.6 is 0 Å². The van der Waals surface area contributed by atoms with E-state index >= 15 is 0 Å². The predicted octanol–water partition coefficient (Wildman–Crippen LogP) is 0.739. The SMILES string of the molecule is Nc1ccc(S(=O)(=O)Cc2cc3c(cc2F)COB3O)c(F)c1. The van der Waals surface area contributed by atoms with Gasteiger partial charge in [0.15, 0.2) is 9.84 Å². The van der Waals surface area contributed by atoms with Crippen LogP contribution < -0.4 is 11.2 Å². The summed E-state index contributed by atoms with van der Waals surface area (Å²) in [6, 6.07) is 5.55. The molecule has 1 aliphatic heterocycles. The van der Waals surface area contributed by atoms with Crippen LogP contribution in [0.25, 0.3) is 0 Å². The van der Waals surface area contributed by atoms with Gasteiger partial charge in [-0.15, -0.1) is 0 Å². The zero-order valence-corrected chi connectivity index (χ0v) is 12.6. The highest BCUT2D eigenvalue weighted by Gasteiger charge is 2.30. The Hall–Kier alpha value is -1.97. The normalized spacial score (nSPS) is 14.1. The maximum absolute atomic E-state index is 14.1. The minimum Gasteiger partial charge on any atom is -0.423 e. The molecule has 0 aromatic heterocycles. The summed E-state index contributed by atoms with van der Waals surface area (Å²) in [7, 11) is -5.33. The summed E-state index contributed by atoms with van der Waals surface area (Å²) in [5.41, 5.74) is 6.08. The second-order valence-electron chi connectivity index (χ2n) is 5.25. The van der Waals surface area contributed by atoms with Crippen molar-refractivity contribution in [2.45, 2.75) is 17.3 Å². The van der Waals surface area contributed by atoms with Gasteiger partial charge in [0.1, 0.15) is 16.5 Å². The van der Waals surface area contributed by atoms with Gasteiger partial charge in [0.25, 0.3) is 0 Å². The van der Waals surface area contributed by atoms with Crippen LogP contribution in [0.5, 0.6) is 0 Å². The summed E-state index contributed by atoms with van der Waals surface area (Å²) in [5.74, 6) is -2.48. The molecule has 0 saturated heterocycles. The minimum atomic E-state index is -4.11.